The van der Waals surface area contributed by atoms with Crippen LogP contribution in [0.2, 0.25) is 5.02 Å². The first-order chi connectivity index (χ1) is 16.4. The first kappa shape index (κ1) is 24.8. The van der Waals surface area contributed by atoms with Gasteiger partial charge < -0.3 is 20.7 Å². The number of hydrogen-bond donors (Lipinski definition) is 3. The van der Waals surface area contributed by atoms with Crippen molar-refractivity contribution in [2.45, 2.75) is 52.0 Å². The van der Waals surface area contributed by atoms with E-state index in [9.17, 15) is 9.18 Å². The van der Waals surface area contributed by atoms with Crippen molar-refractivity contribution >= 4 is 29.1 Å². The van der Waals surface area contributed by atoms with Crippen LogP contribution in [0.5, 0.6) is 0 Å². The minimum atomic E-state index is -0.667. The van der Waals surface area contributed by atoms with Crippen LogP contribution >= 0.6 is 11.6 Å². The maximum absolute atomic E-state index is 14.5. The van der Waals surface area contributed by atoms with Gasteiger partial charge in [-0.1, -0.05) is 18.5 Å². The summed E-state index contributed by atoms with van der Waals surface area (Å²) in [5.74, 6) is -0.420. The van der Waals surface area contributed by atoms with E-state index in [-0.39, 0.29) is 23.1 Å². The standard InChI is InChI=1S/C24H32ClFN6O2/c1-3-24(6-8-34-9-7-24)14-30-22-21(26)29-13-19(31-22)17-10-20(28-12-18(17)25)32-23(33)16-5-4-15(2)27-11-16/h10,12-13,15-16,27H,3-9,11,14H2,1-2H3,(H,30,31)(H,28,32,33)/t15-,16-/m1/s1. The Bertz CT molecular complexity index is 1010. The molecule has 10 heteroatoms. The Kier molecular flexibility index (Phi) is 7.95. The molecule has 0 bridgehead atoms. The molecule has 2 aliphatic rings. The topological polar surface area (TPSA) is 101 Å². The summed E-state index contributed by atoms with van der Waals surface area (Å²) in [5.41, 5.74) is 0.964. The van der Waals surface area contributed by atoms with Crippen LogP contribution in [0.1, 0.15) is 46.0 Å². The average molecular weight is 491 g/mol. The Hall–Kier alpha value is -2.36. The molecule has 2 aliphatic heterocycles. The number of amides is 1. The number of aromatic nitrogens is 3. The van der Waals surface area contributed by atoms with Crippen LogP contribution in [0.3, 0.4) is 0 Å². The van der Waals surface area contributed by atoms with Crippen molar-refractivity contribution in [3.63, 3.8) is 0 Å². The third-order valence-corrected chi connectivity index (χ3v) is 7.38. The van der Waals surface area contributed by atoms with E-state index >= 15 is 0 Å². The molecular weight excluding hydrogens is 459 g/mol. The molecule has 2 saturated heterocycles. The quantitative estimate of drug-likeness (QED) is 0.532. The Balaban J connectivity index is 1.49. The molecule has 184 valence electrons. The van der Waals surface area contributed by atoms with Crippen LogP contribution in [0.25, 0.3) is 11.3 Å². The number of carbonyl (C=O) groups excluding carboxylic acids is 1. The summed E-state index contributed by atoms with van der Waals surface area (Å²) >= 11 is 6.39. The van der Waals surface area contributed by atoms with Gasteiger partial charge in [0.05, 0.1) is 22.8 Å². The zero-order valence-electron chi connectivity index (χ0n) is 19.7. The molecule has 8 nitrogen and oxygen atoms in total. The predicted molar refractivity (Wildman–Crippen MR) is 130 cm³/mol. The minimum absolute atomic E-state index is 0.0416. The molecule has 0 unspecified atom stereocenters. The molecule has 2 atom stereocenters. The van der Waals surface area contributed by atoms with Gasteiger partial charge in [0.15, 0.2) is 5.82 Å². The molecule has 34 heavy (non-hydrogen) atoms. The van der Waals surface area contributed by atoms with Crippen molar-refractivity contribution in [1.82, 2.24) is 20.3 Å². The maximum atomic E-state index is 14.5. The van der Waals surface area contributed by atoms with E-state index in [1.165, 1.54) is 12.4 Å². The summed E-state index contributed by atoms with van der Waals surface area (Å²) in [6.07, 6.45) is 7.37. The van der Waals surface area contributed by atoms with Crippen molar-refractivity contribution in [2.24, 2.45) is 11.3 Å². The van der Waals surface area contributed by atoms with Gasteiger partial charge >= 0.3 is 0 Å². The zero-order valence-corrected chi connectivity index (χ0v) is 20.4. The summed E-state index contributed by atoms with van der Waals surface area (Å²) in [5, 5.41) is 9.70. The lowest BCUT2D eigenvalue weighted by atomic mass is 9.78. The smallest absolute Gasteiger partial charge is 0.255 e. The second-order valence-electron chi connectivity index (χ2n) is 9.34. The van der Waals surface area contributed by atoms with E-state index in [0.717, 1.165) is 32.1 Å². The highest BCUT2D eigenvalue weighted by Crippen LogP contribution is 2.35. The highest BCUT2D eigenvalue weighted by molar-refractivity contribution is 6.33. The number of rotatable bonds is 7. The lowest BCUT2D eigenvalue weighted by Crippen LogP contribution is -2.41. The molecule has 0 spiro atoms. The van der Waals surface area contributed by atoms with Crippen molar-refractivity contribution in [2.75, 3.05) is 36.9 Å². The molecule has 4 rings (SSSR count). The van der Waals surface area contributed by atoms with Crippen LogP contribution in [-0.2, 0) is 9.53 Å². The van der Waals surface area contributed by atoms with E-state index in [2.05, 4.69) is 44.7 Å². The van der Waals surface area contributed by atoms with E-state index in [1.807, 2.05) is 0 Å². The van der Waals surface area contributed by atoms with Crippen molar-refractivity contribution in [3.8, 4) is 11.3 Å². The number of ether oxygens (including phenoxy) is 1. The molecule has 2 fully saturated rings. The maximum Gasteiger partial charge on any atom is 0.255 e. The summed E-state index contributed by atoms with van der Waals surface area (Å²) in [6, 6.07) is 2.07. The third kappa shape index (κ3) is 5.82. The van der Waals surface area contributed by atoms with Crippen LogP contribution < -0.4 is 16.0 Å². The highest BCUT2D eigenvalue weighted by Gasteiger charge is 2.31. The molecule has 2 aromatic heterocycles. The van der Waals surface area contributed by atoms with Gasteiger partial charge in [0.25, 0.3) is 5.95 Å². The molecule has 0 aromatic carbocycles. The highest BCUT2D eigenvalue weighted by atomic mass is 35.5. The normalized spacial score (nSPS) is 22.2. The van der Waals surface area contributed by atoms with Crippen LogP contribution in [0.15, 0.2) is 18.5 Å². The third-order valence-electron chi connectivity index (χ3n) is 7.08. The number of nitrogens with zero attached hydrogens (tertiary/aromatic N) is 3. The van der Waals surface area contributed by atoms with E-state index < -0.39 is 5.95 Å². The van der Waals surface area contributed by atoms with Gasteiger partial charge in [-0.25, -0.2) is 15.0 Å². The summed E-state index contributed by atoms with van der Waals surface area (Å²) in [6.45, 7) is 6.89. The lowest BCUT2D eigenvalue weighted by Gasteiger charge is -2.36. The number of anilines is 2. The molecule has 1 amide bonds. The Morgan fingerprint density at radius 2 is 2.09 bits per heavy atom. The van der Waals surface area contributed by atoms with Crippen molar-refractivity contribution in [3.05, 3.63) is 29.4 Å². The first-order valence-electron chi connectivity index (χ1n) is 11.9. The van der Waals surface area contributed by atoms with Gasteiger partial charge in [-0.2, -0.15) is 4.39 Å². The second-order valence-corrected chi connectivity index (χ2v) is 9.74. The Morgan fingerprint density at radius 1 is 1.29 bits per heavy atom. The Morgan fingerprint density at radius 3 is 2.79 bits per heavy atom. The Labute approximate surface area is 204 Å². The SMILES string of the molecule is CCC1(CNc2nc(-c3cc(NC(=O)[C@@H]4CC[C@@H](C)NC4)ncc3Cl)cnc2F)CCOCC1. The van der Waals surface area contributed by atoms with Gasteiger partial charge in [-0.3, -0.25) is 4.79 Å². The molecule has 0 radical (unpaired) electrons. The predicted octanol–water partition coefficient (Wildman–Crippen LogP) is 4.28. The number of halogens is 2. The largest absolute Gasteiger partial charge is 0.381 e. The van der Waals surface area contributed by atoms with E-state index in [0.29, 0.717) is 54.4 Å². The lowest BCUT2D eigenvalue weighted by molar-refractivity contribution is -0.120. The molecule has 0 aliphatic carbocycles. The summed E-state index contributed by atoms with van der Waals surface area (Å²) in [4.78, 5) is 25.3. The molecule has 4 heterocycles. The first-order valence-corrected chi connectivity index (χ1v) is 12.3. The van der Waals surface area contributed by atoms with Crippen molar-refractivity contribution in [1.29, 1.82) is 0 Å². The van der Waals surface area contributed by atoms with Crippen LogP contribution in [0.4, 0.5) is 16.0 Å². The number of hydrogen-bond acceptors (Lipinski definition) is 7. The fourth-order valence-electron chi connectivity index (χ4n) is 4.50. The fourth-order valence-corrected chi connectivity index (χ4v) is 4.70. The van der Waals surface area contributed by atoms with Crippen LogP contribution in [0, 0.1) is 17.3 Å². The number of piperidine rings is 1. The van der Waals surface area contributed by atoms with Gasteiger partial charge in [-0.15, -0.1) is 0 Å². The molecule has 3 N–H and O–H groups in total. The number of nitrogens with one attached hydrogen (secondary N) is 3. The van der Waals surface area contributed by atoms with Crippen molar-refractivity contribution < 1.29 is 13.9 Å². The summed E-state index contributed by atoms with van der Waals surface area (Å²) < 4.78 is 20.0. The minimum Gasteiger partial charge on any atom is -0.381 e. The summed E-state index contributed by atoms with van der Waals surface area (Å²) in [7, 11) is 0. The fraction of sp³-hybridized carbons (Fsp3) is 0.583. The molecule has 2 aromatic rings. The number of carbonyl (C=O) groups is 1. The van der Waals surface area contributed by atoms with E-state index in [4.69, 9.17) is 16.3 Å². The monoisotopic (exact) mass is 490 g/mol. The molecular formula is C24H32ClFN6O2. The number of pyridine rings is 1. The average Bonchev–Trinajstić information content (AvgIpc) is 2.86. The second kappa shape index (κ2) is 10.9. The van der Waals surface area contributed by atoms with Gasteiger partial charge in [0.2, 0.25) is 5.91 Å². The zero-order chi connectivity index (χ0) is 24.1. The van der Waals surface area contributed by atoms with E-state index in [1.54, 1.807) is 6.07 Å². The van der Waals surface area contributed by atoms with Crippen LogP contribution in [-0.4, -0.2) is 53.2 Å². The van der Waals surface area contributed by atoms with Gasteiger partial charge in [0, 0.05) is 44.1 Å². The van der Waals surface area contributed by atoms with Gasteiger partial charge in [0.1, 0.15) is 5.82 Å². The van der Waals surface area contributed by atoms with Gasteiger partial charge in [-0.05, 0) is 50.5 Å². The molecule has 0 saturated carbocycles.